The second-order valence-corrected chi connectivity index (χ2v) is 6.56. The number of carbonyl (C=O) groups excluding carboxylic acids is 1. The molecule has 0 atom stereocenters. The maximum absolute atomic E-state index is 13.0. The number of amides is 1. The predicted octanol–water partition coefficient (Wildman–Crippen LogP) is 2.40. The fourth-order valence-electron chi connectivity index (χ4n) is 3.85. The number of fused-ring (bicyclic) bond motifs is 1. The molecule has 1 saturated heterocycles. The summed E-state index contributed by atoms with van der Waals surface area (Å²) in [6.07, 6.45) is 4.95. The van der Waals surface area contributed by atoms with Gasteiger partial charge in [-0.1, -0.05) is 12.1 Å². The van der Waals surface area contributed by atoms with E-state index in [4.69, 9.17) is 0 Å². The molecule has 1 aliphatic heterocycles. The molecule has 0 N–H and O–H groups in total. The fourth-order valence-corrected chi connectivity index (χ4v) is 3.85. The summed E-state index contributed by atoms with van der Waals surface area (Å²) in [5.74, 6) is 0.859. The number of pyridine rings is 1. The third-order valence-corrected chi connectivity index (χ3v) is 5.15. The molecule has 0 saturated carbocycles. The largest absolute Gasteiger partial charge is 0.352 e. The van der Waals surface area contributed by atoms with E-state index in [0.29, 0.717) is 31.7 Å². The Hall–Kier alpha value is -2.87. The van der Waals surface area contributed by atoms with Crippen LogP contribution in [0.5, 0.6) is 0 Å². The van der Waals surface area contributed by atoms with E-state index in [9.17, 15) is 10.1 Å². The van der Waals surface area contributed by atoms with E-state index in [1.54, 1.807) is 18.3 Å². The summed E-state index contributed by atoms with van der Waals surface area (Å²) in [6.45, 7) is 2.72. The Bertz CT molecular complexity index is 847. The molecule has 4 rings (SSSR count). The molecule has 2 aromatic rings. The Morgan fingerprint density at radius 1 is 1.08 bits per heavy atom. The van der Waals surface area contributed by atoms with Crippen LogP contribution in [0.15, 0.2) is 36.5 Å². The zero-order valence-corrected chi connectivity index (χ0v) is 14.1. The number of aryl methyl sites for hydroxylation is 1. The summed E-state index contributed by atoms with van der Waals surface area (Å²) in [5, 5.41) is 9.25. The fraction of sp³-hybridized carbons (Fsp3) is 0.350. The Kier molecular flexibility index (Phi) is 4.10. The van der Waals surface area contributed by atoms with Crippen LogP contribution in [-0.4, -0.2) is 42.0 Å². The van der Waals surface area contributed by atoms with Crippen LogP contribution in [0.1, 0.15) is 33.5 Å². The number of nitrogens with zero attached hydrogens (tertiary/aromatic N) is 4. The van der Waals surface area contributed by atoms with Crippen LogP contribution >= 0.6 is 0 Å². The van der Waals surface area contributed by atoms with Crippen LogP contribution in [0.25, 0.3) is 0 Å². The van der Waals surface area contributed by atoms with Gasteiger partial charge in [0.15, 0.2) is 0 Å². The van der Waals surface area contributed by atoms with Crippen molar-refractivity contribution >= 4 is 11.7 Å². The van der Waals surface area contributed by atoms with Crippen molar-refractivity contribution in [3.05, 3.63) is 58.8 Å². The summed E-state index contributed by atoms with van der Waals surface area (Å²) < 4.78 is 0. The number of anilines is 1. The molecular weight excluding hydrogens is 312 g/mol. The third-order valence-electron chi connectivity index (χ3n) is 5.15. The monoisotopic (exact) mass is 332 g/mol. The van der Waals surface area contributed by atoms with E-state index < -0.39 is 0 Å². The van der Waals surface area contributed by atoms with Crippen LogP contribution in [0.2, 0.25) is 0 Å². The zero-order valence-electron chi connectivity index (χ0n) is 14.1. The summed E-state index contributed by atoms with van der Waals surface area (Å²) in [5.41, 5.74) is 4.03. The maximum Gasteiger partial charge on any atom is 0.254 e. The molecule has 1 amide bonds. The Labute approximate surface area is 147 Å². The Morgan fingerprint density at radius 3 is 2.72 bits per heavy atom. The molecule has 2 heterocycles. The molecular formula is C20H20N4O. The summed E-state index contributed by atoms with van der Waals surface area (Å²) in [4.78, 5) is 21.3. The highest BCUT2D eigenvalue weighted by Gasteiger charge is 2.27. The minimum Gasteiger partial charge on any atom is -0.352 e. The van der Waals surface area contributed by atoms with Gasteiger partial charge in [0.25, 0.3) is 5.91 Å². The van der Waals surface area contributed by atoms with Gasteiger partial charge in [-0.3, -0.25) is 4.79 Å². The summed E-state index contributed by atoms with van der Waals surface area (Å²) in [6, 6.07) is 11.9. The van der Waals surface area contributed by atoms with Gasteiger partial charge >= 0.3 is 0 Å². The minimum atomic E-state index is 0.139. The number of nitriles is 1. The van der Waals surface area contributed by atoms with Crippen LogP contribution in [0.3, 0.4) is 0 Å². The average molecular weight is 332 g/mol. The van der Waals surface area contributed by atoms with Gasteiger partial charge in [0, 0.05) is 37.9 Å². The molecule has 5 heteroatoms. The number of hydrogen-bond donors (Lipinski definition) is 0. The highest BCUT2D eigenvalue weighted by Crippen LogP contribution is 2.27. The van der Waals surface area contributed by atoms with Crippen molar-refractivity contribution in [3.63, 3.8) is 0 Å². The number of carbonyl (C=O) groups is 1. The van der Waals surface area contributed by atoms with Crippen molar-refractivity contribution in [2.24, 2.45) is 0 Å². The molecule has 1 aliphatic carbocycles. The van der Waals surface area contributed by atoms with Crippen LogP contribution < -0.4 is 4.90 Å². The second-order valence-electron chi connectivity index (χ2n) is 6.56. The normalized spacial score (nSPS) is 16.4. The molecule has 0 spiro atoms. The SMILES string of the molecule is N#Cc1cccnc1N1CCN(C(=O)c2cccc3c2CCC3)CC1. The lowest BCUT2D eigenvalue weighted by Gasteiger charge is -2.36. The first-order valence-electron chi connectivity index (χ1n) is 8.78. The van der Waals surface area contributed by atoms with Gasteiger partial charge in [-0.15, -0.1) is 0 Å². The van der Waals surface area contributed by atoms with E-state index in [0.717, 1.165) is 30.6 Å². The number of hydrogen-bond acceptors (Lipinski definition) is 4. The van der Waals surface area contributed by atoms with Crippen molar-refractivity contribution in [2.75, 3.05) is 31.1 Å². The van der Waals surface area contributed by atoms with Crippen molar-refractivity contribution in [1.82, 2.24) is 9.88 Å². The van der Waals surface area contributed by atoms with Gasteiger partial charge in [-0.2, -0.15) is 5.26 Å². The van der Waals surface area contributed by atoms with Gasteiger partial charge in [0.1, 0.15) is 11.9 Å². The van der Waals surface area contributed by atoms with Crippen molar-refractivity contribution in [1.29, 1.82) is 5.26 Å². The molecule has 2 aliphatic rings. The van der Waals surface area contributed by atoms with E-state index >= 15 is 0 Å². The standard InChI is InChI=1S/C20H20N4O/c21-14-16-6-3-9-22-19(16)23-10-12-24(13-11-23)20(25)18-8-2-5-15-4-1-7-17(15)18/h2-3,5-6,8-9H,1,4,7,10-13H2. The molecule has 126 valence electrons. The van der Waals surface area contributed by atoms with Crippen molar-refractivity contribution in [2.45, 2.75) is 19.3 Å². The average Bonchev–Trinajstić information content (AvgIpc) is 3.16. The van der Waals surface area contributed by atoms with Crippen LogP contribution in [0.4, 0.5) is 5.82 Å². The lowest BCUT2D eigenvalue weighted by Crippen LogP contribution is -2.49. The molecule has 1 aromatic heterocycles. The minimum absolute atomic E-state index is 0.139. The Balaban J connectivity index is 1.48. The molecule has 0 bridgehead atoms. The summed E-state index contributed by atoms with van der Waals surface area (Å²) in [7, 11) is 0. The number of benzene rings is 1. The van der Waals surface area contributed by atoms with Gasteiger partial charge in [0.2, 0.25) is 0 Å². The van der Waals surface area contributed by atoms with E-state index in [1.165, 1.54) is 11.1 Å². The zero-order chi connectivity index (χ0) is 17.2. The van der Waals surface area contributed by atoms with Crippen LogP contribution in [0, 0.1) is 11.3 Å². The summed E-state index contributed by atoms with van der Waals surface area (Å²) >= 11 is 0. The van der Waals surface area contributed by atoms with Crippen molar-refractivity contribution in [3.8, 4) is 6.07 Å². The molecule has 25 heavy (non-hydrogen) atoms. The lowest BCUT2D eigenvalue weighted by molar-refractivity contribution is 0.0745. The predicted molar refractivity (Wildman–Crippen MR) is 95.5 cm³/mol. The number of aromatic nitrogens is 1. The molecule has 0 radical (unpaired) electrons. The highest BCUT2D eigenvalue weighted by molar-refractivity contribution is 5.96. The number of rotatable bonds is 2. The second kappa shape index (κ2) is 6.56. The van der Waals surface area contributed by atoms with E-state index in [-0.39, 0.29) is 5.91 Å². The van der Waals surface area contributed by atoms with E-state index in [1.807, 2.05) is 17.0 Å². The maximum atomic E-state index is 13.0. The molecule has 0 unspecified atom stereocenters. The first kappa shape index (κ1) is 15.6. The molecule has 1 fully saturated rings. The first-order chi connectivity index (χ1) is 12.3. The highest BCUT2D eigenvalue weighted by atomic mass is 16.2. The molecule has 1 aromatic carbocycles. The topological polar surface area (TPSA) is 60.2 Å². The number of piperazine rings is 1. The quantitative estimate of drug-likeness (QED) is 0.847. The van der Waals surface area contributed by atoms with Gasteiger partial charge in [0.05, 0.1) is 5.56 Å². The van der Waals surface area contributed by atoms with Gasteiger partial charge < -0.3 is 9.80 Å². The van der Waals surface area contributed by atoms with Gasteiger partial charge in [-0.05, 0) is 48.6 Å². The van der Waals surface area contributed by atoms with Crippen LogP contribution in [-0.2, 0) is 12.8 Å². The van der Waals surface area contributed by atoms with E-state index in [2.05, 4.69) is 22.0 Å². The molecule has 5 nitrogen and oxygen atoms in total. The Morgan fingerprint density at radius 2 is 1.92 bits per heavy atom. The lowest BCUT2D eigenvalue weighted by atomic mass is 10.0. The third kappa shape index (κ3) is 2.85. The van der Waals surface area contributed by atoms with Crippen molar-refractivity contribution < 1.29 is 4.79 Å². The van der Waals surface area contributed by atoms with Gasteiger partial charge in [-0.25, -0.2) is 4.98 Å². The first-order valence-corrected chi connectivity index (χ1v) is 8.78. The smallest absolute Gasteiger partial charge is 0.254 e.